The van der Waals surface area contributed by atoms with E-state index in [0.29, 0.717) is 33.9 Å². The number of nitrogens with zero attached hydrogens (tertiary/aromatic N) is 1. The lowest BCUT2D eigenvalue weighted by Gasteiger charge is -2.19. The van der Waals surface area contributed by atoms with Crippen LogP contribution in [0.1, 0.15) is 23.2 Å². The average Bonchev–Trinajstić information content (AvgIpc) is 3.15. The monoisotopic (exact) mass is 344 g/mol. The molecule has 5 nitrogen and oxygen atoms in total. The number of benzene rings is 1. The maximum Gasteiger partial charge on any atom is 0.254 e. The maximum atomic E-state index is 12.7. The molecule has 22 heavy (non-hydrogen) atoms. The maximum absolute atomic E-state index is 12.7. The fourth-order valence-corrected chi connectivity index (χ4v) is 4.01. The van der Waals surface area contributed by atoms with Gasteiger partial charge in [-0.1, -0.05) is 11.6 Å². The van der Waals surface area contributed by atoms with Crippen LogP contribution < -0.4 is 15.2 Å². The molecule has 1 aromatic carbocycles. The van der Waals surface area contributed by atoms with Crippen molar-refractivity contribution in [1.29, 1.82) is 0 Å². The summed E-state index contributed by atoms with van der Waals surface area (Å²) in [7, 11) is 0. The Morgan fingerprint density at radius 3 is 2.86 bits per heavy atom. The number of carbonyl (C=O) groups excluding carboxylic acids is 1. The first-order chi connectivity index (χ1) is 10.1. The topological polar surface area (TPSA) is 64.8 Å². The first-order valence-electron chi connectivity index (χ1n) is 7.27. The zero-order valence-corrected chi connectivity index (χ0v) is 13.5. The van der Waals surface area contributed by atoms with Crippen LogP contribution in [0.2, 0.25) is 5.02 Å². The van der Waals surface area contributed by atoms with E-state index in [0.717, 1.165) is 25.9 Å². The van der Waals surface area contributed by atoms with Crippen LogP contribution in [0.3, 0.4) is 0 Å². The standard InChI is InChI=1S/C15H17ClN2O3.ClH/c16-11-3-9(4-13-14(11)21-7-20-13)15(19)18-5-8-1-2-12(17)10(8)6-18;/h3-4,8,10,12H,1-2,5-7,17H2;1H. The number of rotatable bonds is 1. The van der Waals surface area contributed by atoms with Gasteiger partial charge in [0.2, 0.25) is 6.79 Å². The summed E-state index contributed by atoms with van der Waals surface area (Å²) in [5.74, 6) is 2.05. The molecular weight excluding hydrogens is 327 g/mol. The lowest BCUT2D eigenvalue weighted by molar-refractivity contribution is 0.0779. The van der Waals surface area contributed by atoms with Crippen molar-refractivity contribution < 1.29 is 14.3 Å². The largest absolute Gasteiger partial charge is 0.454 e. The van der Waals surface area contributed by atoms with E-state index < -0.39 is 0 Å². The molecule has 2 fully saturated rings. The van der Waals surface area contributed by atoms with Crippen molar-refractivity contribution >= 4 is 29.9 Å². The van der Waals surface area contributed by atoms with E-state index >= 15 is 0 Å². The van der Waals surface area contributed by atoms with Crippen molar-refractivity contribution in [3.63, 3.8) is 0 Å². The molecule has 1 amide bonds. The molecule has 7 heteroatoms. The van der Waals surface area contributed by atoms with E-state index in [2.05, 4.69) is 0 Å². The van der Waals surface area contributed by atoms with Gasteiger partial charge in [0, 0.05) is 24.7 Å². The molecule has 0 spiro atoms. The molecule has 1 aliphatic carbocycles. The Balaban J connectivity index is 0.00000144. The van der Waals surface area contributed by atoms with Gasteiger partial charge in [0.05, 0.1) is 5.02 Å². The van der Waals surface area contributed by atoms with Gasteiger partial charge < -0.3 is 20.1 Å². The highest BCUT2D eigenvalue weighted by molar-refractivity contribution is 6.32. The normalized spacial score (nSPS) is 28.5. The van der Waals surface area contributed by atoms with Crippen molar-refractivity contribution in [2.24, 2.45) is 17.6 Å². The minimum atomic E-state index is -0.00296. The van der Waals surface area contributed by atoms with Crippen LogP contribution in [-0.4, -0.2) is 36.7 Å². The van der Waals surface area contributed by atoms with E-state index in [1.807, 2.05) is 4.90 Å². The first-order valence-corrected chi connectivity index (χ1v) is 7.65. The lowest BCUT2D eigenvalue weighted by atomic mass is 9.98. The predicted molar refractivity (Wildman–Crippen MR) is 84.9 cm³/mol. The van der Waals surface area contributed by atoms with Crippen molar-refractivity contribution in [2.45, 2.75) is 18.9 Å². The van der Waals surface area contributed by atoms with Crippen molar-refractivity contribution in [3.05, 3.63) is 22.7 Å². The number of fused-ring (bicyclic) bond motifs is 2. The van der Waals surface area contributed by atoms with Crippen molar-refractivity contribution in [1.82, 2.24) is 4.90 Å². The fourth-order valence-electron chi connectivity index (χ4n) is 3.75. The van der Waals surface area contributed by atoms with Gasteiger partial charge in [-0.3, -0.25) is 4.79 Å². The molecule has 3 unspecified atom stereocenters. The molecule has 0 bridgehead atoms. The van der Waals surface area contributed by atoms with Crippen LogP contribution in [0.15, 0.2) is 12.1 Å². The Hall–Kier alpha value is -1.17. The summed E-state index contributed by atoms with van der Waals surface area (Å²) in [6.07, 6.45) is 2.20. The van der Waals surface area contributed by atoms with Crippen LogP contribution in [0.25, 0.3) is 0 Å². The molecule has 0 aromatic heterocycles. The number of likely N-dealkylation sites (tertiary alicyclic amines) is 1. The minimum Gasteiger partial charge on any atom is -0.454 e. The Morgan fingerprint density at radius 1 is 1.27 bits per heavy atom. The quantitative estimate of drug-likeness (QED) is 0.848. The van der Waals surface area contributed by atoms with Gasteiger partial charge in [0.1, 0.15) is 0 Å². The molecule has 2 N–H and O–H groups in total. The number of carbonyl (C=O) groups is 1. The van der Waals surface area contributed by atoms with Crippen LogP contribution in [0.4, 0.5) is 0 Å². The molecule has 1 aromatic rings. The molecule has 120 valence electrons. The summed E-state index contributed by atoms with van der Waals surface area (Å²) in [6.45, 7) is 1.69. The highest BCUT2D eigenvalue weighted by Gasteiger charge is 2.42. The molecule has 0 radical (unpaired) electrons. The second-order valence-corrected chi connectivity index (χ2v) is 6.47. The SMILES string of the molecule is Cl.NC1CCC2CN(C(=O)c3cc(Cl)c4c(c3)OCO4)CC12. The lowest BCUT2D eigenvalue weighted by Crippen LogP contribution is -2.33. The number of hydrogen-bond acceptors (Lipinski definition) is 4. The van der Waals surface area contributed by atoms with Gasteiger partial charge >= 0.3 is 0 Å². The Labute approximate surface area is 140 Å². The molecule has 2 heterocycles. The molecule has 1 saturated carbocycles. The zero-order chi connectivity index (χ0) is 14.6. The van der Waals surface area contributed by atoms with Gasteiger partial charge in [0.15, 0.2) is 11.5 Å². The molecule has 1 saturated heterocycles. The van der Waals surface area contributed by atoms with E-state index in [1.54, 1.807) is 12.1 Å². The summed E-state index contributed by atoms with van der Waals surface area (Å²) in [5, 5.41) is 0.421. The number of halogens is 2. The van der Waals surface area contributed by atoms with Gasteiger partial charge in [-0.2, -0.15) is 0 Å². The van der Waals surface area contributed by atoms with Crippen molar-refractivity contribution in [2.75, 3.05) is 19.9 Å². The molecule has 2 aliphatic heterocycles. The second kappa shape index (κ2) is 5.80. The van der Waals surface area contributed by atoms with E-state index in [9.17, 15) is 4.79 Å². The number of nitrogens with two attached hydrogens (primary N) is 1. The minimum absolute atomic E-state index is 0. The second-order valence-electron chi connectivity index (χ2n) is 6.07. The van der Waals surface area contributed by atoms with Gasteiger partial charge in [-0.15, -0.1) is 12.4 Å². The van der Waals surface area contributed by atoms with E-state index in [-0.39, 0.29) is 31.1 Å². The zero-order valence-electron chi connectivity index (χ0n) is 12.0. The average molecular weight is 345 g/mol. The third-order valence-corrected chi connectivity index (χ3v) is 5.15. The molecule has 3 aliphatic rings. The van der Waals surface area contributed by atoms with Crippen LogP contribution >= 0.6 is 24.0 Å². The summed E-state index contributed by atoms with van der Waals surface area (Å²) in [6, 6.07) is 3.60. The highest BCUT2D eigenvalue weighted by atomic mass is 35.5. The number of amides is 1. The van der Waals surface area contributed by atoms with Crippen molar-refractivity contribution in [3.8, 4) is 11.5 Å². The van der Waals surface area contributed by atoms with Crippen LogP contribution in [0, 0.1) is 11.8 Å². The molecule has 4 rings (SSSR count). The van der Waals surface area contributed by atoms with Gasteiger partial charge in [-0.25, -0.2) is 0 Å². The highest BCUT2D eigenvalue weighted by Crippen LogP contribution is 2.41. The van der Waals surface area contributed by atoms with E-state index in [1.165, 1.54) is 0 Å². The smallest absolute Gasteiger partial charge is 0.254 e. The fraction of sp³-hybridized carbons (Fsp3) is 0.533. The summed E-state index contributed by atoms with van der Waals surface area (Å²) >= 11 is 6.15. The Morgan fingerprint density at radius 2 is 2.09 bits per heavy atom. The summed E-state index contributed by atoms with van der Waals surface area (Å²) in [4.78, 5) is 14.6. The van der Waals surface area contributed by atoms with Gasteiger partial charge in [0.25, 0.3) is 5.91 Å². The van der Waals surface area contributed by atoms with Gasteiger partial charge in [-0.05, 0) is 36.8 Å². The van der Waals surface area contributed by atoms with Crippen LogP contribution in [-0.2, 0) is 0 Å². The predicted octanol–water partition coefficient (Wildman–Crippen LogP) is 2.30. The third-order valence-electron chi connectivity index (χ3n) is 4.87. The van der Waals surface area contributed by atoms with Crippen LogP contribution in [0.5, 0.6) is 11.5 Å². The van der Waals surface area contributed by atoms with E-state index in [4.69, 9.17) is 26.8 Å². The summed E-state index contributed by atoms with van der Waals surface area (Å²) in [5.41, 5.74) is 6.68. The number of ether oxygens (including phenoxy) is 2. The Kier molecular flexibility index (Phi) is 4.14. The first kappa shape index (κ1) is 15.7. The third kappa shape index (κ3) is 2.41. The molecule has 3 atom stereocenters. The summed E-state index contributed by atoms with van der Waals surface area (Å²) < 4.78 is 10.6. The Bertz CT molecular complexity index is 611. The number of hydrogen-bond donors (Lipinski definition) is 1. The molecular formula is C15H18Cl2N2O3.